The van der Waals surface area contributed by atoms with Gasteiger partial charge in [-0.3, -0.25) is 4.79 Å². The minimum Gasteiger partial charge on any atom is -0.350 e. The van der Waals surface area contributed by atoms with E-state index in [0.29, 0.717) is 0 Å². The van der Waals surface area contributed by atoms with E-state index < -0.39 is 0 Å². The highest BCUT2D eigenvalue weighted by Gasteiger charge is 2.35. The van der Waals surface area contributed by atoms with Crippen molar-refractivity contribution in [2.75, 3.05) is 6.54 Å². The molecule has 2 fully saturated rings. The van der Waals surface area contributed by atoms with Gasteiger partial charge in [-0.25, -0.2) is 0 Å². The second-order valence-electron chi connectivity index (χ2n) is 4.55. The summed E-state index contributed by atoms with van der Waals surface area (Å²) in [5, 5.41) is 6.35. The molecule has 1 aliphatic carbocycles. The van der Waals surface area contributed by atoms with E-state index in [0.717, 1.165) is 32.2 Å². The highest BCUT2D eigenvalue weighted by Crippen LogP contribution is 2.31. The largest absolute Gasteiger partial charge is 0.350 e. The van der Waals surface area contributed by atoms with Crippen molar-refractivity contribution in [2.45, 2.75) is 50.6 Å². The summed E-state index contributed by atoms with van der Waals surface area (Å²) in [5.74, 6) is 0.208. The molecule has 1 atom stereocenters. The van der Waals surface area contributed by atoms with Crippen LogP contribution in [0.2, 0.25) is 0 Å². The Morgan fingerprint density at radius 3 is 2.69 bits per heavy atom. The van der Waals surface area contributed by atoms with Crippen LogP contribution in [0, 0.1) is 0 Å². The molecule has 0 radical (unpaired) electrons. The van der Waals surface area contributed by atoms with Crippen molar-refractivity contribution in [3.8, 4) is 0 Å². The fourth-order valence-electron chi connectivity index (χ4n) is 2.12. The Bertz CT molecular complexity index is 205. The first-order valence-electron chi connectivity index (χ1n) is 5.25. The Labute approximate surface area is 79.3 Å². The second kappa shape index (κ2) is 3.29. The topological polar surface area (TPSA) is 41.1 Å². The molecule has 3 heteroatoms. The van der Waals surface area contributed by atoms with Crippen molar-refractivity contribution in [1.29, 1.82) is 0 Å². The monoisotopic (exact) mass is 182 g/mol. The molecular weight excluding hydrogens is 164 g/mol. The predicted molar refractivity (Wildman–Crippen MR) is 51.4 cm³/mol. The van der Waals surface area contributed by atoms with E-state index in [9.17, 15) is 4.79 Å². The molecule has 0 aromatic heterocycles. The first-order chi connectivity index (χ1) is 6.20. The number of carbonyl (C=O) groups is 1. The summed E-state index contributed by atoms with van der Waals surface area (Å²) < 4.78 is 0. The molecule has 2 N–H and O–H groups in total. The molecule has 0 spiro atoms. The quantitative estimate of drug-likeness (QED) is 0.663. The molecule has 1 saturated carbocycles. The molecule has 0 aromatic rings. The summed E-state index contributed by atoms with van der Waals surface area (Å²) in [6, 6.07) is 0.0809. The van der Waals surface area contributed by atoms with Crippen LogP contribution in [0.1, 0.15) is 39.0 Å². The average molecular weight is 182 g/mol. The molecular formula is C10H18N2O. The maximum absolute atomic E-state index is 11.7. The van der Waals surface area contributed by atoms with Gasteiger partial charge in [0.2, 0.25) is 5.91 Å². The first kappa shape index (κ1) is 9.00. The molecule has 13 heavy (non-hydrogen) atoms. The van der Waals surface area contributed by atoms with Gasteiger partial charge in [-0.1, -0.05) is 0 Å². The molecule has 3 nitrogen and oxygen atoms in total. The Morgan fingerprint density at radius 1 is 1.46 bits per heavy atom. The van der Waals surface area contributed by atoms with Crippen molar-refractivity contribution in [2.24, 2.45) is 0 Å². The third kappa shape index (κ3) is 1.85. The number of amides is 1. The Hall–Kier alpha value is -0.570. The SMILES string of the molecule is CC1(NC(=O)C2CCCN2)CCC1. The molecule has 2 aliphatic rings. The molecule has 1 saturated heterocycles. The van der Waals surface area contributed by atoms with Crippen LogP contribution in [-0.4, -0.2) is 24.0 Å². The summed E-state index contributed by atoms with van der Waals surface area (Å²) in [7, 11) is 0. The zero-order chi connectivity index (χ0) is 9.31. The maximum Gasteiger partial charge on any atom is 0.237 e. The van der Waals surface area contributed by atoms with Gasteiger partial charge in [-0.05, 0) is 45.6 Å². The highest BCUT2D eigenvalue weighted by molar-refractivity contribution is 5.82. The molecule has 1 amide bonds. The lowest BCUT2D eigenvalue weighted by molar-refractivity contribution is -0.125. The van der Waals surface area contributed by atoms with E-state index in [2.05, 4.69) is 17.6 Å². The summed E-state index contributed by atoms with van der Waals surface area (Å²) in [6.07, 6.45) is 5.68. The lowest BCUT2D eigenvalue weighted by Gasteiger charge is -2.39. The fourth-order valence-corrected chi connectivity index (χ4v) is 2.12. The Morgan fingerprint density at radius 2 is 2.23 bits per heavy atom. The second-order valence-corrected chi connectivity index (χ2v) is 4.55. The van der Waals surface area contributed by atoms with Gasteiger partial charge in [-0.2, -0.15) is 0 Å². The van der Waals surface area contributed by atoms with Gasteiger partial charge in [0.05, 0.1) is 6.04 Å². The summed E-state index contributed by atoms with van der Waals surface area (Å²) in [4.78, 5) is 11.7. The van der Waals surface area contributed by atoms with Gasteiger partial charge in [0.1, 0.15) is 0 Å². The van der Waals surface area contributed by atoms with E-state index >= 15 is 0 Å². The normalized spacial score (nSPS) is 31.0. The van der Waals surface area contributed by atoms with Crippen LogP contribution in [0.4, 0.5) is 0 Å². The maximum atomic E-state index is 11.7. The number of nitrogens with one attached hydrogen (secondary N) is 2. The van der Waals surface area contributed by atoms with Crippen LogP contribution in [0.5, 0.6) is 0 Å². The lowest BCUT2D eigenvalue weighted by atomic mass is 9.78. The molecule has 0 bridgehead atoms. The summed E-state index contributed by atoms with van der Waals surface area (Å²) in [5.41, 5.74) is 0.112. The predicted octanol–water partition coefficient (Wildman–Crippen LogP) is 0.797. The first-order valence-corrected chi connectivity index (χ1v) is 5.25. The number of hydrogen-bond donors (Lipinski definition) is 2. The van der Waals surface area contributed by atoms with Crippen LogP contribution >= 0.6 is 0 Å². The van der Waals surface area contributed by atoms with E-state index in [1.165, 1.54) is 6.42 Å². The van der Waals surface area contributed by atoms with Crippen molar-refractivity contribution in [1.82, 2.24) is 10.6 Å². The van der Waals surface area contributed by atoms with E-state index in [1.807, 2.05) is 0 Å². The van der Waals surface area contributed by atoms with Crippen molar-refractivity contribution in [3.05, 3.63) is 0 Å². The fraction of sp³-hybridized carbons (Fsp3) is 0.900. The molecule has 2 rings (SSSR count). The Kier molecular flexibility index (Phi) is 2.28. The minimum atomic E-state index is 0.0809. The number of rotatable bonds is 2. The van der Waals surface area contributed by atoms with Crippen molar-refractivity contribution < 1.29 is 4.79 Å². The molecule has 1 heterocycles. The molecule has 74 valence electrons. The number of hydrogen-bond acceptors (Lipinski definition) is 2. The average Bonchev–Trinajstić information content (AvgIpc) is 2.53. The van der Waals surface area contributed by atoms with Gasteiger partial charge >= 0.3 is 0 Å². The van der Waals surface area contributed by atoms with Gasteiger partial charge in [0, 0.05) is 5.54 Å². The molecule has 0 aromatic carbocycles. The Balaban J connectivity index is 1.83. The third-order valence-electron chi connectivity index (χ3n) is 3.26. The molecule has 1 unspecified atom stereocenters. The van der Waals surface area contributed by atoms with Crippen LogP contribution in [-0.2, 0) is 4.79 Å². The van der Waals surface area contributed by atoms with Gasteiger partial charge in [0.25, 0.3) is 0 Å². The number of carbonyl (C=O) groups excluding carboxylic acids is 1. The van der Waals surface area contributed by atoms with Crippen LogP contribution in [0.15, 0.2) is 0 Å². The summed E-state index contributed by atoms with van der Waals surface area (Å²) in [6.45, 7) is 3.14. The third-order valence-corrected chi connectivity index (χ3v) is 3.26. The van der Waals surface area contributed by atoms with Crippen LogP contribution in [0.3, 0.4) is 0 Å². The standard InChI is InChI=1S/C10H18N2O/c1-10(5-3-6-10)12-9(13)8-4-2-7-11-8/h8,11H,2-7H2,1H3,(H,12,13). The van der Waals surface area contributed by atoms with Crippen molar-refractivity contribution >= 4 is 5.91 Å². The van der Waals surface area contributed by atoms with Gasteiger partial charge < -0.3 is 10.6 Å². The smallest absolute Gasteiger partial charge is 0.237 e. The van der Waals surface area contributed by atoms with Gasteiger partial charge in [0.15, 0.2) is 0 Å². The van der Waals surface area contributed by atoms with Gasteiger partial charge in [-0.15, -0.1) is 0 Å². The zero-order valence-electron chi connectivity index (χ0n) is 8.23. The summed E-state index contributed by atoms with van der Waals surface area (Å²) >= 11 is 0. The van der Waals surface area contributed by atoms with Crippen LogP contribution in [0.25, 0.3) is 0 Å². The van der Waals surface area contributed by atoms with Crippen molar-refractivity contribution in [3.63, 3.8) is 0 Å². The van der Waals surface area contributed by atoms with E-state index in [4.69, 9.17) is 0 Å². The lowest BCUT2D eigenvalue weighted by Crippen LogP contribution is -2.55. The molecule has 1 aliphatic heterocycles. The van der Waals surface area contributed by atoms with E-state index in [1.54, 1.807) is 0 Å². The zero-order valence-corrected chi connectivity index (χ0v) is 8.23. The minimum absolute atomic E-state index is 0.0809. The highest BCUT2D eigenvalue weighted by atomic mass is 16.2. The van der Waals surface area contributed by atoms with E-state index in [-0.39, 0.29) is 17.5 Å². The van der Waals surface area contributed by atoms with Crippen LogP contribution < -0.4 is 10.6 Å².